The molecule has 0 spiro atoms. The number of carboxylic acid groups (broad SMARTS) is 1. The van der Waals surface area contributed by atoms with Gasteiger partial charge in [0, 0.05) is 11.1 Å². The van der Waals surface area contributed by atoms with Gasteiger partial charge in [-0.15, -0.1) is 11.3 Å². The van der Waals surface area contributed by atoms with Crippen LogP contribution < -0.4 is 10.1 Å². The summed E-state index contributed by atoms with van der Waals surface area (Å²) in [4.78, 5) is 15.4. The highest BCUT2D eigenvalue weighted by Gasteiger charge is 2.29. The normalized spacial score (nSPS) is 12.4. The number of sulfone groups is 1. The lowest BCUT2D eigenvalue weighted by atomic mass is 10.1. The molecular weight excluding hydrogens is 460 g/mol. The summed E-state index contributed by atoms with van der Waals surface area (Å²) >= 11 is 1.12. The molecule has 0 fully saturated rings. The fourth-order valence-electron chi connectivity index (χ4n) is 3.33. The monoisotopic (exact) mass is 488 g/mol. The zero-order valence-corrected chi connectivity index (χ0v) is 20.9. The molecule has 0 radical (unpaired) electrons. The molecule has 9 heteroatoms. The number of carboxylic acids is 1. The van der Waals surface area contributed by atoms with Crippen molar-refractivity contribution in [3.05, 3.63) is 69.2 Å². The molecule has 7 nitrogen and oxygen atoms in total. The molecule has 0 aliphatic carbocycles. The maximum absolute atomic E-state index is 13.2. The molecule has 176 valence electrons. The highest BCUT2D eigenvalue weighted by molar-refractivity contribution is 7.94. The predicted octanol–water partition coefficient (Wildman–Crippen LogP) is 5.28. The third-order valence-electron chi connectivity index (χ3n) is 5.47. The van der Waals surface area contributed by atoms with E-state index in [1.54, 1.807) is 30.5 Å². The number of anilines is 1. The van der Waals surface area contributed by atoms with E-state index in [1.165, 1.54) is 0 Å². The zero-order chi connectivity index (χ0) is 24.3. The van der Waals surface area contributed by atoms with Gasteiger partial charge in [0.1, 0.15) is 17.7 Å². The fourth-order valence-corrected chi connectivity index (χ4v) is 6.11. The van der Waals surface area contributed by atoms with Crippen molar-refractivity contribution in [2.45, 2.75) is 57.4 Å². The summed E-state index contributed by atoms with van der Waals surface area (Å²) in [6.45, 7) is 9.55. The van der Waals surface area contributed by atoms with Gasteiger partial charge in [-0.3, -0.25) is 0 Å². The van der Waals surface area contributed by atoms with E-state index in [1.807, 2.05) is 39.8 Å². The number of aryl methyl sites for hydroxylation is 4. The second-order valence-corrected chi connectivity index (χ2v) is 11.2. The molecule has 1 atom stereocenters. The van der Waals surface area contributed by atoms with Crippen LogP contribution in [0.4, 0.5) is 5.69 Å². The standard InChI is InChI=1S/C24H28N2O5S2/c1-6-22(33(29,30)24-25-17(5)13-32-24)26-20-10-14(2)15(3)11-21(20)31-12-19-8-7-18(23(27)28)9-16(19)4/h7-11,13,22,26H,6,12H2,1-5H3,(H,27,28). The van der Waals surface area contributed by atoms with E-state index in [4.69, 9.17) is 9.84 Å². The van der Waals surface area contributed by atoms with Gasteiger partial charge in [-0.2, -0.15) is 0 Å². The lowest BCUT2D eigenvalue weighted by Gasteiger charge is -2.21. The van der Waals surface area contributed by atoms with Crippen LogP contribution in [0.25, 0.3) is 0 Å². The summed E-state index contributed by atoms with van der Waals surface area (Å²) < 4.78 is 32.5. The second-order valence-electron chi connectivity index (χ2n) is 8.01. The van der Waals surface area contributed by atoms with Crippen LogP contribution in [0.2, 0.25) is 0 Å². The number of nitrogens with one attached hydrogen (secondary N) is 1. The van der Waals surface area contributed by atoms with Crippen molar-refractivity contribution in [1.29, 1.82) is 0 Å². The van der Waals surface area contributed by atoms with Gasteiger partial charge in [-0.25, -0.2) is 18.2 Å². The van der Waals surface area contributed by atoms with Gasteiger partial charge < -0.3 is 15.2 Å². The van der Waals surface area contributed by atoms with E-state index in [-0.39, 0.29) is 16.5 Å². The molecule has 0 aliphatic heterocycles. The van der Waals surface area contributed by atoms with Crippen molar-refractivity contribution in [2.24, 2.45) is 0 Å². The number of benzene rings is 2. The van der Waals surface area contributed by atoms with Crippen LogP contribution in [0, 0.1) is 27.7 Å². The second kappa shape index (κ2) is 9.93. The number of hydrogen-bond acceptors (Lipinski definition) is 7. The summed E-state index contributed by atoms with van der Waals surface area (Å²) in [5.41, 5.74) is 5.15. The summed E-state index contributed by atoms with van der Waals surface area (Å²) in [6, 6.07) is 8.65. The lowest BCUT2D eigenvalue weighted by Crippen LogP contribution is -2.29. The molecule has 1 aromatic heterocycles. The van der Waals surface area contributed by atoms with Crippen molar-refractivity contribution in [3.8, 4) is 5.75 Å². The fraction of sp³-hybridized carbons (Fsp3) is 0.333. The van der Waals surface area contributed by atoms with Gasteiger partial charge in [-0.05, 0) is 80.6 Å². The lowest BCUT2D eigenvalue weighted by molar-refractivity contribution is 0.0696. The summed E-state index contributed by atoms with van der Waals surface area (Å²) in [5, 5.41) is 13.2. The largest absolute Gasteiger partial charge is 0.487 e. The van der Waals surface area contributed by atoms with Crippen LogP contribution in [-0.2, 0) is 16.4 Å². The average molecular weight is 489 g/mol. The molecule has 0 bridgehead atoms. The summed E-state index contributed by atoms with van der Waals surface area (Å²) in [7, 11) is -3.67. The van der Waals surface area contributed by atoms with Crippen LogP contribution in [0.1, 0.15) is 51.7 Å². The number of carbonyl (C=O) groups is 1. The number of ether oxygens (including phenoxy) is 1. The molecule has 0 amide bonds. The van der Waals surface area contributed by atoms with Gasteiger partial charge in [0.25, 0.3) is 0 Å². The van der Waals surface area contributed by atoms with E-state index in [9.17, 15) is 13.2 Å². The highest BCUT2D eigenvalue weighted by atomic mass is 32.2. The Bertz CT molecular complexity index is 1280. The minimum atomic E-state index is -3.67. The molecule has 2 N–H and O–H groups in total. The Balaban J connectivity index is 1.89. The van der Waals surface area contributed by atoms with Gasteiger partial charge in [0.2, 0.25) is 14.2 Å². The Labute approximate surface area is 198 Å². The molecule has 1 heterocycles. The number of aromatic carboxylic acids is 1. The quantitative estimate of drug-likeness (QED) is 0.422. The van der Waals surface area contributed by atoms with E-state index in [0.717, 1.165) is 33.6 Å². The maximum atomic E-state index is 13.2. The van der Waals surface area contributed by atoms with Crippen LogP contribution in [0.15, 0.2) is 40.1 Å². The van der Waals surface area contributed by atoms with E-state index >= 15 is 0 Å². The number of thiazole rings is 1. The highest BCUT2D eigenvalue weighted by Crippen LogP contribution is 2.32. The first-order chi connectivity index (χ1) is 15.5. The molecule has 33 heavy (non-hydrogen) atoms. The molecule has 3 rings (SSSR count). The number of rotatable bonds is 9. The molecule has 0 saturated carbocycles. The van der Waals surface area contributed by atoms with E-state index in [2.05, 4.69) is 10.3 Å². The first kappa shape index (κ1) is 24.7. The number of nitrogens with zero attached hydrogens (tertiary/aromatic N) is 1. The van der Waals surface area contributed by atoms with Crippen molar-refractivity contribution < 1.29 is 23.1 Å². The number of aromatic nitrogens is 1. The number of hydrogen-bond donors (Lipinski definition) is 2. The Kier molecular flexibility index (Phi) is 7.44. The third kappa shape index (κ3) is 5.54. The third-order valence-corrected chi connectivity index (χ3v) is 8.99. The maximum Gasteiger partial charge on any atom is 0.335 e. The van der Waals surface area contributed by atoms with Gasteiger partial charge in [-0.1, -0.05) is 13.0 Å². The Hall–Kier alpha value is -2.91. The Morgan fingerprint density at radius 2 is 1.82 bits per heavy atom. The van der Waals surface area contributed by atoms with Crippen molar-refractivity contribution in [2.75, 3.05) is 5.32 Å². The van der Waals surface area contributed by atoms with Crippen molar-refractivity contribution in [1.82, 2.24) is 4.98 Å². The van der Waals surface area contributed by atoms with E-state index in [0.29, 0.717) is 23.6 Å². The molecule has 1 unspecified atom stereocenters. The predicted molar refractivity (Wildman–Crippen MR) is 130 cm³/mol. The topological polar surface area (TPSA) is 106 Å². The molecule has 0 saturated heterocycles. The smallest absolute Gasteiger partial charge is 0.335 e. The molecule has 0 aliphatic rings. The molecular formula is C24H28N2O5S2. The van der Waals surface area contributed by atoms with Crippen LogP contribution >= 0.6 is 11.3 Å². The zero-order valence-electron chi connectivity index (χ0n) is 19.3. The van der Waals surface area contributed by atoms with E-state index < -0.39 is 21.2 Å². The molecule has 3 aromatic rings. The molecule has 2 aromatic carbocycles. The van der Waals surface area contributed by atoms with Crippen LogP contribution in [-0.4, -0.2) is 29.9 Å². The van der Waals surface area contributed by atoms with Gasteiger partial charge >= 0.3 is 5.97 Å². The summed E-state index contributed by atoms with van der Waals surface area (Å²) in [5.74, 6) is -0.447. The summed E-state index contributed by atoms with van der Waals surface area (Å²) in [6.07, 6.45) is 0.350. The van der Waals surface area contributed by atoms with Gasteiger partial charge in [0.15, 0.2) is 0 Å². The Morgan fingerprint density at radius 1 is 1.12 bits per heavy atom. The first-order valence-electron chi connectivity index (χ1n) is 10.5. The minimum Gasteiger partial charge on any atom is -0.487 e. The van der Waals surface area contributed by atoms with Crippen molar-refractivity contribution >= 4 is 32.8 Å². The van der Waals surface area contributed by atoms with Crippen LogP contribution in [0.3, 0.4) is 0 Å². The Morgan fingerprint density at radius 3 is 2.39 bits per heavy atom. The van der Waals surface area contributed by atoms with Crippen LogP contribution in [0.5, 0.6) is 5.75 Å². The SMILES string of the molecule is CCC(Nc1cc(C)c(C)cc1OCc1ccc(C(=O)O)cc1C)S(=O)(=O)c1nc(C)cs1. The minimum absolute atomic E-state index is 0.0970. The first-order valence-corrected chi connectivity index (χ1v) is 12.9. The average Bonchev–Trinajstić information content (AvgIpc) is 3.20. The van der Waals surface area contributed by atoms with Crippen molar-refractivity contribution in [3.63, 3.8) is 0 Å². The van der Waals surface area contributed by atoms with Gasteiger partial charge in [0.05, 0.1) is 11.3 Å².